The quantitative estimate of drug-likeness (QED) is 0.892. The molecule has 0 saturated heterocycles. The molecule has 0 amide bonds. The molecule has 0 bridgehead atoms. The Bertz CT molecular complexity index is 486. The zero-order valence-corrected chi connectivity index (χ0v) is 9.97. The Balaban J connectivity index is 2.13. The molecule has 3 nitrogen and oxygen atoms in total. The number of hydrogen-bond acceptors (Lipinski definition) is 4. The molecule has 1 unspecified atom stereocenters. The van der Waals surface area contributed by atoms with Crippen molar-refractivity contribution in [1.29, 1.82) is 0 Å². The standard InChI is InChI=1S/C11H13FN2OS/c1-7(15-2)6-13-11-14-9-4-3-8(12)5-10(9)16-11/h3-5,7H,6H2,1-2H3,(H,13,14). The fourth-order valence-corrected chi connectivity index (χ4v) is 2.19. The van der Waals surface area contributed by atoms with Gasteiger partial charge in [0.1, 0.15) is 5.82 Å². The Morgan fingerprint density at radius 1 is 1.56 bits per heavy atom. The smallest absolute Gasteiger partial charge is 0.183 e. The summed E-state index contributed by atoms with van der Waals surface area (Å²) in [7, 11) is 1.67. The molecule has 2 rings (SSSR count). The summed E-state index contributed by atoms with van der Waals surface area (Å²) in [5.74, 6) is -0.229. The van der Waals surface area contributed by atoms with E-state index in [4.69, 9.17) is 4.74 Å². The number of benzene rings is 1. The minimum atomic E-state index is -0.229. The average molecular weight is 240 g/mol. The maximum Gasteiger partial charge on any atom is 0.183 e. The first-order valence-corrected chi connectivity index (χ1v) is 5.83. The van der Waals surface area contributed by atoms with Gasteiger partial charge >= 0.3 is 0 Å². The van der Waals surface area contributed by atoms with Crippen molar-refractivity contribution in [3.05, 3.63) is 24.0 Å². The van der Waals surface area contributed by atoms with E-state index >= 15 is 0 Å². The third kappa shape index (κ3) is 2.48. The summed E-state index contributed by atoms with van der Waals surface area (Å²) in [5.41, 5.74) is 0.818. The Morgan fingerprint density at radius 2 is 2.38 bits per heavy atom. The van der Waals surface area contributed by atoms with Crippen molar-refractivity contribution in [1.82, 2.24) is 4.98 Å². The summed E-state index contributed by atoms with van der Waals surface area (Å²) in [6, 6.07) is 4.60. The van der Waals surface area contributed by atoms with Crippen LogP contribution in [0.25, 0.3) is 10.2 Å². The third-order valence-electron chi connectivity index (χ3n) is 2.29. The number of hydrogen-bond donors (Lipinski definition) is 1. The molecule has 1 heterocycles. The Morgan fingerprint density at radius 3 is 3.12 bits per heavy atom. The van der Waals surface area contributed by atoms with E-state index in [0.717, 1.165) is 15.3 Å². The molecule has 0 saturated carbocycles. The van der Waals surface area contributed by atoms with E-state index < -0.39 is 0 Å². The van der Waals surface area contributed by atoms with Gasteiger partial charge < -0.3 is 10.1 Å². The van der Waals surface area contributed by atoms with Crippen LogP contribution in [0.3, 0.4) is 0 Å². The summed E-state index contributed by atoms with van der Waals surface area (Å²) in [5, 5.41) is 3.96. The molecule has 0 radical (unpaired) electrons. The number of ether oxygens (including phenoxy) is 1. The largest absolute Gasteiger partial charge is 0.380 e. The molecule has 1 atom stereocenters. The van der Waals surface area contributed by atoms with Crippen LogP contribution >= 0.6 is 11.3 Å². The molecule has 0 aliphatic rings. The first-order chi connectivity index (χ1) is 7.69. The molecular formula is C11H13FN2OS. The zero-order valence-electron chi connectivity index (χ0n) is 9.16. The van der Waals surface area contributed by atoms with Gasteiger partial charge in [-0.1, -0.05) is 11.3 Å². The lowest BCUT2D eigenvalue weighted by Crippen LogP contribution is -2.17. The molecule has 1 aromatic heterocycles. The second-order valence-electron chi connectivity index (χ2n) is 3.56. The fraction of sp³-hybridized carbons (Fsp3) is 0.364. The molecule has 0 fully saturated rings. The molecule has 0 aliphatic carbocycles. The van der Waals surface area contributed by atoms with E-state index in [9.17, 15) is 4.39 Å². The fourth-order valence-electron chi connectivity index (χ4n) is 1.29. The van der Waals surface area contributed by atoms with Gasteiger partial charge in [-0.15, -0.1) is 0 Å². The first-order valence-electron chi connectivity index (χ1n) is 5.02. The molecule has 5 heteroatoms. The zero-order chi connectivity index (χ0) is 11.5. The number of rotatable bonds is 4. The summed E-state index contributed by atoms with van der Waals surface area (Å²) >= 11 is 1.45. The molecule has 1 N–H and O–H groups in total. The van der Waals surface area contributed by atoms with Crippen LogP contribution in [0.1, 0.15) is 6.92 Å². The van der Waals surface area contributed by atoms with Crippen molar-refractivity contribution in [2.24, 2.45) is 0 Å². The minimum absolute atomic E-state index is 0.128. The lowest BCUT2D eigenvalue weighted by atomic mass is 10.3. The number of aromatic nitrogens is 1. The van der Waals surface area contributed by atoms with Crippen molar-refractivity contribution in [2.75, 3.05) is 19.0 Å². The van der Waals surface area contributed by atoms with Crippen molar-refractivity contribution >= 4 is 26.7 Å². The van der Waals surface area contributed by atoms with Crippen LogP contribution in [0.4, 0.5) is 9.52 Å². The van der Waals surface area contributed by atoms with Gasteiger partial charge in [-0.05, 0) is 25.1 Å². The summed E-state index contributed by atoms with van der Waals surface area (Å²) in [6.45, 7) is 2.67. The number of thiazole rings is 1. The maximum atomic E-state index is 13.0. The van der Waals surface area contributed by atoms with E-state index in [-0.39, 0.29) is 11.9 Å². The van der Waals surface area contributed by atoms with Gasteiger partial charge in [0.2, 0.25) is 0 Å². The number of nitrogens with zero attached hydrogens (tertiary/aromatic N) is 1. The SMILES string of the molecule is COC(C)CNc1nc2ccc(F)cc2s1. The minimum Gasteiger partial charge on any atom is -0.380 e. The summed E-state index contributed by atoms with van der Waals surface area (Å²) in [6.07, 6.45) is 0.128. The molecule has 0 aliphatic heterocycles. The van der Waals surface area contributed by atoms with Gasteiger partial charge in [0.25, 0.3) is 0 Å². The number of nitrogens with one attached hydrogen (secondary N) is 1. The van der Waals surface area contributed by atoms with E-state index in [1.165, 1.54) is 23.5 Å². The Kier molecular flexibility index (Phi) is 3.36. The third-order valence-corrected chi connectivity index (χ3v) is 3.27. The Labute approximate surface area is 97.3 Å². The van der Waals surface area contributed by atoms with Gasteiger partial charge in [-0.3, -0.25) is 0 Å². The monoisotopic (exact) mass is 240 g/mol. The molecular weight excluding hydrogens is 227 g/mol. The number of fused-ring (bicyclic) bond motifs is 1. The van der Waals surface area contributed by atoms with Crippen LogP contribution in [0, 0.1) is 5.82 Å². The van der Waals surface area contributed by atoms with Crippen LogP contribution in [-0.4, -0.2) is 24.7 Å². The van der Waals surface area contributed by atoms with Crippen LogP contribution in [0.5, 0.6) is 0 Å². The highest BCUT2D eigenvalue weighted by molar-refractivity contribution is 7.22. The average Bonchev–Trinajstić information content (AvgIpc) is 2.67. The van der Waals surface area contributed by atoms with Gasteiger partial charge in [-0.2, -0.15) is 0 Å². The van der Waals surface area contributed by atoms with Crippen molar-refractivity contribution in [3.63, 3.8) is 0 Å². The Hall–Kier alpha value is -1.20. The van der Waals surface area contributed by atoms with E-state index in [1.807, 2.05) is 6.92 Å². The molecule has 86 valence electrons. The molecule has 16 heavy (non-hydrogen) atoms. The van der Waals surface area contributed by atoms with Gasteiger partial charge in [0.15, 0.2) is 5.13 Å². The lowest BCUT2D eigenvalue weighted by molar-refractivity contribution is 0.129. The summed E-state index contributed by atoms with van der Waals surface area (Å²) in [4.78, 5) is 4.35. The predicted molar refractivity (Wildman–Crippen MR) is 64.5 cm³/mol. The number of halogens is 1. The maximum absolute atomic E-state index is 13.0. The van der Waals surface area contributed by atoms with Crippen molar-refractivity contribution in [3.8, 4) is 0 Å². The second kappa shape index (κ2) is 4.76. The number of anilines is 1. The van der Waals surface area contributed by atoms with E-state index in [0.29, 0.717) is 6.54 Å². The highest BCUT2D eigenvalue weighted by atomic mass is 32.1. The van der Waals surface area contributed by atoms with Crippen LogP contribution in [0.2, 0.25) is 0 Å². The van der Waals surface area contributed by atoms with Crippen molar-refractivity contribution in [2.45, 2.75) is 13.0 Å². The topological polar surface area (TPSA) is 34.1 Å². The molecule has 2 aromatic rings. The van der Waals surface area contributed by atoms with Crippen molar-refractivity contribution < 1.29 is 9.13 Å². The van der Waals surface area contributed by atoms with Gasteiger partial charge in [-0.25, -0.2) is 9.37 Å². The predicted octanol–water partition coefficient (Wildman–Crippen LogP) is 2.88. The first kappa shape index (κ1) is 11.3. The second-order valence-corrected chi connectivity index (χ2v) is 4.59. The number of methoxy groups -OCH3 is 1. The van der Waals surface area contributed by atoms with Gasteiger partial charge in [0.05, 0.1) is 16.3 Å². The highest BCUT2D eigenvalue weighted by Gasteiger charge is 2.05. The van der Waals surface area contributed by atoms with Crippen LogP contribution < -0.4 is 5.32 Å². The summed E-state index contributed by atoms with van der Waals surface area (Å²) < 4.78 is 18.9. The molecule has 0 spiro atoms. The van der Waals surface area contributed by atoms with Crippen LogP contribution in [-0.2, 0) is 4.74 Å². The van der Waals surface area contributed by atoms with Gasteiger partial charge in [0, 0.05) is 13.7 Å². The lowest BCUT2D eigenvalue weighted by Gasteiger charge is -2.08. The normalized spacial score (nSPS) is 12.9. The van der Waals surface area contributed by atoms with Crippen LogP contribution in [0.15, 0.2) is 18.2 Å². The van der Waals surface area contributed by atoms with E-state index in [1.54, 1.807) is 13.2 Å². The highest BCUT2D eigenvalue weighted by Crippen LogP contribution is 2.26. The molecule has 1 aromatic carbocycles. The van der Waals surface area contributed by atoms with E-state index in [2.05, 4.69) is 10.3 Å².